The first-order valence-electron chi connectivity index (χ1n) is 15.1. The average Bonchev–Trinajstić information content (AvgIpc) is 3.77. The maximum atomic E-state index is 12.2. The second kappa shape index (κ2) is 11.0. The summed E-state index contributed by atoms with van der Waals surface area (Å²) in [5, 5.41) is 5.71. The second-order valence-corrected chi connectivity index (χ2v) is 18.0. The van der Waals surface area contributed by atoms with E-state index in [1.807, 2.05) is 4.90 Å². The van der Waals surface area contributed by atoms with Crippen molar-refractivity contribution in [3.63, 3.8) is 0 Å². The fourth-order valence-corrected chi connectivity index (χ4v) is 13.4. The Hall–Kier alpha value is -2.36. The molecule has 2 aromatic rings. The Balaban J connectivity index is 1.14. The Bertz CT molecular complexity index is 1340. The molecule has 0 aliphatic carbocycles. The van der Waals surface area contributed by atoms with Crippen LogP contribution in [0.2, 0.25) is 12.6 Å². The smallest absolute Gasteiger partial charge is 0.259 e. The minimum atomic E-state index is -2.09. The lowest BCUT2D eigenvalue weighted by Gasteiger charge is -2.38. The maximum absolute atomic E-state index is 12.2. The molecule has 0 saturated carbocycles. The van der Waals surface area contributed by atoms with Crippen LogP contribution in [0.5, 0.6) is 0 Å². The van der Waals surface area contributed by atoms with Crippen molar-refractivity contribution in [2.75, 3.05) is 13.2 Å². The number of ether oxygens (including phenoxy) is 2. The molecular formula is C32H40N3O5PSi. The minimum Gasteiger partial charge on any atom is -0.368 e. The van der Waals surface area contributed by atoms with Gasteiger partial charge in [0.15, 0.2) is 6.23 Å². The molecule has 0 aromatic heterocycles. The van der Waals surface area contributed by atoms with Crippen molar-refractivity contribution in [2.24, 2.45) is 0 Å². The van der Waals surface area contributed by atoms with Crippen molar-refractivity contribution < 1.29 is 23.3 Å². The molecule has 2 aromatic carbocycles. The minimum absolute atomic E-state index is 0.104. The third-order valence-corrected chi connectivity index (χ3v) is 16.1. The van der Waals surface area contributed by atoms with Crippen LogP contribution in [0, 0.1) is 0 Å². The van der Waals surface area contributed by atoms with Crippen LogP contribution in [0.1, 0.15) is 33.1 Å². The van der Waals surface area contributed by atoms with Crippen molar-refractivity contribution >= 4 is 32.9 Å². The van der Waals surface area contributed by atoms with Crippen LogP contribution in [0.15, 0.2) is 84.8 Å². The van der Waals surface area contributed by atoms with E-state index in [1.54, 1.807) is 13.1 Å². The van der Waals surface area contributed by atoms with Gasteiger partial charge < -0.3 is 28.7 Å². The summed E-state index contributed by atoms with van der Waals surface area (Å²) in [6.45, 7) is 11.9. The molecule has 1 amide bonds. The summed E-state index contributed by atoms with van der Waals surface area (Å²) in [6.07, 6.45) is 3.92. The van der Waals surface area contributed by atoms with E-state index in [1.165, 1.54) is 10.4 Å². The maximum Gasteiger partial charge on any atom is 0.259 e. The molecule has 7 rings (SSSR count). The molecule has 42 heavy (non-hydrogen) atoms. The quantitative estimate of drug-likeness (QED) is 0.360. The topological polar surface area (TPSA) is 72.5 Å². The normalized spacial score (nSPS) is 34.5. The highest BCUT2D eigenvalue weighted by molar-refractivity contribution is 7.45. The first kappa shape index (κ1) is 28.4. The summed E-state index contributed by atoms with van der Waals surface area (Å²) in [5.74, 6) is 0.346. The van der Waals surface area contributed by atoms with E-state index in [0.717, 1.165) is 31.9 Å². The summed E-state index contributed by atoms with van der Waals surface area (Å²) < 4.78 is 29.5. The summed E-state index contributed by atoms with van der Waals surface area (Å²) in [5.41, 5.74) is 0.0295. The Morgan fingerprint density at radius 2 is 1.83 bits per heavy atom. The highest BCUT2D eigenvalue weighted by atomic mass is 31.2. The van der Waals surface area contributed by atoms with E-state index in [2.05, 4.69) is 90.7 Å². The molecule has 4 fully saturated rings. The predicted octanol–water partition coefficient (Wildman–Crippen LogP) is 4.07. The van der Waals surface area contributed by atoms with Gasteiger partial charge in [-0.15, -0.1) is 0 Å². The van der Waals surface area contributed by atoms with Gasteiger partial charge in [0.1, 0.15) is 31.7 Å². The Morgan fingerprint density at radius 1 is 1.14 bits per heavy atom. The molecule has 0 radical (unpaired) electrons. The molecule has 1 N–H and O–H groups in total. The zero-order valence-corrected chi connectivity index (χ0v) is 26.5. The van der Waals surface area contributed by atoms with Crippen LogP contribution in [0.4, 0.5) is 0 Å². The van der Waals surface area contributed by atoms with Crippen molar-refractivity contribution in [1.29, 1.82) is 0 Å². The molecule has 1 unspecified atom stereocenters. The monoisotopic (exact) mass is 605 g/mol. The van der Waals surface area contributed by atoms with Crippen molar-refractivity contribution in [1.82, 2.24) is 14.9 Å². The van der Waals surface area contributed by atoms with Crippen LogP contribution >= 0.6 is 8.53 Å². The van der Waals surface area contributed by atoms with E-state index in [4.69, 9.17) is 18.5 Å². The second-order valence-electron chi connectivity index (χ2n) is 12.4. The first-order chi connectivity index (χ1) is 20.3. The van der Waals surface area contributed by atoms with Gasteiger partial charge in [-0.1, -0.05) is 91.1 Å². The fourth-order valence-electron chi connectivity index (χ4n) is 7.35. The van der Waals surface area contributed by atoms with Crippen LogP contribution in [0.3, 0.4) is 0 Å². The Morgan fingerprint density at radius 3 is 2.50 bits per heavy atom. The zero-order valence-electron chi connectivity index (χ0n) is 24.6. The highest BCUT2D eigenvalue weighted by Crippen LogP contribution is 2.60. The number of nitrogens with zero attached hydrogens (tertiary/aromatic N) is 2. The third-order valence-electron chi connectivity index (χ3n) is 9.88. The number of carbonyl (C=O) groups is 1. The number of rotatable bonds is 8. The number of hydrogen-bond acceptors (Lipinski definition) is 7. The molecular weight excluding hydrogens is 565 g/mol. The summed E-state index contributed by atoms with van der Waals surface area (Å²) in [6, 6.07) is 23.4. The summed E-state index contributed by atoms with van der Waals surface area (Å²) >= 11 is 0. The Labute approximate surface area is 250 Å². The van der Waals surface area contributed by atoms with E-state index < -0.39 is 28.4 Å². The number of carbonyl (C=O) groups excluding carboxylic acids is 1. The molecule has 2 bridgehead atoms. The molecule has 7 atom stereocenters. The molecule has 222 valence electrons. The van der Waals surface area contributed by atoms with Gasteiger partial charge in [0.25, 0.3) is 14.4 Å². The molecule has 5 aliphatic heterocycles. The van der Waals surface area contributed by atoms with Gasteiger partial charge in [0.05, 0.1) is 12.7 Å². The van der Waals surface area contributed by atoms with Crippen molar-refractivity contribution in [3.05, 3.63) is 84.8 Å². The average molecular weight is 606 g/mol. The van der Waals surface area contributed by atoms with Crippen molar-refractivity contribution in [2.45, 2.75) is 81.9 Å². The van der Waals surface area contributed by atoms with E-state index in [-0.39, 0.29) is 24.2 Å². The number of fused-ring (bicyclic) bond motifs is 3. The van der Waals surface area contributed by atoms with Gasteiger partial charge >= 0.3 is 0 Å². The highest BCUT2D eigenvalue weighted by Gasteiger charge is 2.65. The van der Waals surface area contributed by atoms with E-state index >= 15 is 0 Å². The number of hydrogen-bond donors (Lipinski definition) is 1. The predicted molar refractivity (Wildman–Crippen MR) is 165 cm³/mol. The fraction of sp³-hybridized carbons (Fsp3) is 0.469. The van der Waals surface area contributed by atoms with Gasteiger partial charge in [-0.25, -0.2) is 4.67 Å². The van der Waals surface area contributed by atoms with Crippen LogP contribution in [0.25, 0.3) is 0 Å². The standard InChI is InChI=1S/C32H40N3O5PSi/c1-5-32-21-37-28(31(38-32)34-19-22(2)30(36)33-23(34)3)29(32)40-41-35-18-12-17-26(35)27(39-41)20-42(4,24-13-8-6-9-14-24)25-15-10-7-11-16-25/h6-11,13-16,19,26-29,31H,3,5,12,17-18,20-21H2,1-2,4H3,(H,33,36)/t26-,27+,28?,29+,31+,32-,41+/m0/s1. The number of nitrogens with one attached hydrogen (secondary N) is 1. The molecule has 8 nitrogen and oxygen atoms in total. The molecule has 5 heterocycles. The van der Waals surface area contributed by atoms with Gasteiger partial charge in [-0.3, -0.25) is 4.79 Å². The number of amides is 1. The molecule has 10 heteroatoms. The number of benzene rings is 2. The summed E-state index contributed by atoms with van der Waals surface area (Å²) in [7, 11) is -3.37. The van der Waals surface area contributed by atoms with Crippen LogP contribution in [-0.2, 0) is 23.3 Å². The van der Waals surface area contributed by atoms with Crippen LogP contribution < -0.4 is 15.7 Å². The lowest BCUT2D eigenvalue weighted by atomic mass is 9.96. The first-order valence-corrected chi connectivity index (χ1v) is 18.9. The largest absolute Gasteiger partial charge is 0.368 e. The lowest BCUT2D eigenvalue weighted by molar-refractivity contribution is -0.182. The van der Waals surface area contributed by atoms with Crippen LogP contribution in [-0.4, -0.2) is 72.9 Å². The molecule has 0 spiro atoms. The Kier molecular flexibility index (Phi) is 7.42. The third kappa shape index (κ3) is 4.61. The summed E-state index contributed by atoms with van der Waals surface area (Å²) in [4.78, 5) is 14.1. The van der Waals surface area contributed by atoms with Gasteiger partial charge in [-0.05, 0) is 32.2 Å². The lowest BCUT2D eigenvalue weighted by Crippen LogP contribution is -2.58. The molecule has 5 aliphatic rings. The SMILES string of the molecule is C=C1NC(=O)C(C)=CN1[C@@H]1O[C@@]2(CC)COC1[C@H]2O[P@@]1O[C@H](C[Si](C)(c2ccccc2)c2ccccc2)[C@@H]2CCCN21. The molecule has 4 saturated heterocycles. The van der Waals surface area contributed by atoms with Gasteiger partial charge in [0.2, 0.25) is 0 Å². The van der Waals surface area contributed by atoms with E-state index in [0.29, 0.717) is 24.0 Å². The zero-order chi connectivity index (χ0) is 29.1. The van der Waals surface area contributed by atoms with Gasteiger partial charge in [0, 0.05) is 24.4 Å². The van der Waals surface area contributed by atoms with Crippen molar-refractivity contribution in [3.8, 4) is 0 Å². The van der Waals surface area contributed by atoms with Gasteiger partial charge in [-0.2, -0.15) is 0 Å². The van der Waals surface area contributed by atoms with E-state index in [9.17, 15) is 4.79 Å².